The lowest BCUT2D eigenvalue weighted by Crippen LogP contribution is -1.98. The number of halogens is 1. The lowest BCUT2D eigenvalue weighted by atomic mass is 10.1. The molecule has 0 saturated heterocycles. The van der Waals surface area contributed by atoms with Crippen LogP contribution in [0.15, 0.2) is 24.3 Å². The van der Waals surface area contributed by atoms with Crippen LogP contribution in [0.25, 0.3) is 0 Å². The Morgan fingerprint density at radius 2 is 1.92 bits per heavy atom. The molecule has 0 aliphatic carbocycles. The third kappa shape index (κ3) is 2.93. The average Bonchev–Trinajstić information content (AvgIpc) is 2.07. The van der Waals surface area contributed by atoms with Crippen molar-refractivity contribution in [1.29, 1.82) is 0 Å². The molecule has 12 heavy (non-hydrogen) atoms. The highest BCUT2D eigenvalue weighted by Gasteiger charge is 1.90. The highest BCUT2D eigenvalue weighted by Crippen LogP contribution is 2.03. The van der Waals surface area contributed by atoms with Crippen LogP contribution in [0, 0.1) is 12.3 Å². The Morgan fingerprint density at radius 1 is 1.33 bits per heavy atom. The number of rotatable bonds is 2. The smallest absolute Gasteiger partial charge is 0.0930 e. The summed E-state index contributed by atoms with van der Waals surface area (Å²) >= 11 is 0. The highest BCUT2D eigenvalue weighted by atomic mass is 35.5. The summed E-state index contributed by atoms with van der Waals surface area (Å²) in [4.78, 5) is 4.45. The van der Waals surface area contributed by atoms with Crippen LogP contribution < -0.4 is 5.90 Å². The van der Waals surface area contributed by atoms with E-state index >= 15 is 0 Å². The largest absolute Gasteiger partial charge is 0.300 e. The Balaban J connectivity index is 0.00000121. The molecule has 1 rings (SSSR count). The lowest BCUT2D eigenvalue weighted by Gasteiger charge is -1.97. The van der Waals surface area contributed by atoms with Gasteiger partial charge in [-0.05, 0) is 17.7 Å². The van der Waals surface area contributed by atoms with Gasteiger partial charge in [-0.15, -0.1) is 18.8 Å². The van der Waals surface area contributed by atoms with Crippen molar-refractivity contribution in [3.63, 3.8) is 0 Å². The van der Waals surface area contributed by atoms with Crippen molar-refractivity contribution in [3.8, 4) is 12.3 Å². The third-order valence-electron chi connectivity index (χ3n) is 1.37. The van der Waals surface area contributed by atoms with Gasteiger partial charge in [0, 0.05) is 5.56 Å². The Labute approximate surface area is 78.1 Å². The van der Waals surface area contributed by atoms with Crippen LogP contribution in [-0.4, -0.2) is 0 Å². The number of terminal acetylenes is 1. The summed E-state index contributed by atoms with van der Waals surface area (Å²) in [5.74, 6) is 7.41. The van der Waals surface area contributed by atoms with Crippen molar-refractivity contribution in [2.24, 2.45) is 5.90 Å². The molecule has 0 radical (unpaired) electrons. The molecular formula is C9H10ClNO. The van der Waals surface area contributed by atoms with Gasteiger partial charge < -0.3 is 0 Å². The molecule has 0 fully saturated rings. The molecule has 0 aliphatic heterocycles. The molecule has 64 valence electrons. The number of nitrogens with two attached hydrogens (primary N) is 1. The molecule has 2 nitrogen and oxygen atoms in total. The summed E-state index contributed by atoms with van der Waals surface area (Å²) in [7, 11) is 0. The molecule has 1 aromatic carbocycles. The second kappa shape index (κ2) is 5.62. The molecule has 0 saturated carbocycles. The maximum Gasteiger partial charge on any atom is 0.0930 e. The van der Waals surface area contributed by atoms with Gasteiger partial charge in [-0.3, -0.25) is 4.84 Å². The predicted octanol–water partition coefficient (Wildman–Crippen LogP) is 1.48. The Kier molecular flexibility index (Phi) is 5.14. The van der Waals surface area contributed by atoms with Crippen LogP contribution in [0.3, 0.4) is 0 Å². The Bertz CT molecular complexity index is 263. The van der Waals surface area contributed by atoms with Gasteiger partial charge >= 0.3 is 0 Å². The summed E-state index contributed by atoms with van der Waals surface area (Å²) in [6, 6.07) is 7.49. The fourth-order valence-corrected chi connectivity index (χ4v) is 0.793. The monoisotopic (exact) mass is 183 g/mol. The second-order valence-electron chi connectivity index (χ2n) is 2.15. The van der Waals surface area contributed by atoms with Crippen molar-refractivity contribution in [1.82, 2.24) is 0 Å². The summed E-state index contributed by atoms with van der Waals surface area (Å²) in [5, 5.41) is 0. The van der Waals surface area contributed by atoms with Crippen molar-refractivity contribution >= 4 is 12.4 Å². The van der Waals surface area contributed by atoms with Gasteiger partial charge in [-0.1, -0.05) is 18.1 Å². The SMILES string of the molecule is C#Cc1ccc(CON)cc1.Cl. The first-order valence-electron chi connectivity index (χ1n) is 3.24. The van der Waals surface area contributed by atoms with E-state index in [1.165, 1.54) is 0 Å². The maximum absolute atomic E-state index is 5.17. The highest BCUT2D eigenvalue weighted by molar-refractivity contribution is 5.85. The molecule has 0 spiro atoms. The fraction of sp³-hybridized carbons (Fsp3) is 0.111. The molecule has 0 unspecified atom stereocenters. The zero-order valence-electron chi connectivity index (χ0n) is 6.49. The second-order valence-corrected chi connectivity index (χ2v) is 2.15. The molecular weight excluding hydrogens is 174 g/mol. The normalized spacial score (nSPS) is 8.33. The minimum absolute atomic E-state index is 0. The zero-order chi connectivity index (χ0) is 8.10. The van der Waals surface area contributed by atoms with Gasteiger partial charge in [-0.2, -0.15) is 0 Å². The van der Waals surface area contributed by atoms with Crippen LogP contribution >= 0.6 is 12.4 Å². The Morgan fingerprint density at radius 3 is 2.33 bits per heavy atom. The topological polar surface area (TPSA) is 35.2 Å². The van der Waals surface area contributed by atoms with E-state index in [-0.39, 0.29) is 12.4 Å². The van der Waals surface area contributed by atoms with E-state index in [4.69, 9.17) is 12.3 Å². The fourth-order valence-electron chi connectivity index (χ4n) is 0.793. The first-order chi connectivity index (χ1) is 5.36. The number of hydrogen-bond acceptors (Lipinski definition) is 2. The molecule has 3 heteroatoms. The van der Waals surface area contributed by atoms with Crippen LogP contribution in [0.4, 0.5) is 0 Å². The third-order valence-corrected chi connectivity index (χ3v) is 1.37. The molecule has 2 N–H and O–H groups in total. The van der Waals surface area contributed by atoms with Crippen molar-refractivity contribution in [2.45, 2.75) is 6.61 Å². The first kappa shape index (κ1) is 11.0. The van der Waals surface area contributed by atoms with Crippen LogP contribution in [-0.2, 0) is 11.4 Å². The molecule has 0 aromatic heterocycles. The number of hydrogen-bond donors (Lipinski definition) is 1. The van der Waals surface area contributed by atoms with Crippen molar-refractivity contribution in [3.05, 3.63) is 35.4 Å². The van der Waals surface area contributed by atoms with E-state index in [1.807, 2.05) is 24.3 Å². The summed E-state index contributed by atoms with van der Waals surface area (Å²) < 4.78 is 0. The molecule has 1 aromatic rings. The van der Waals surface area contributed by atoms with Gasteiger partial charge in [0.05, 0.1) is 6.61 Å². The van der Waals surface area contributed by atoms with Gasteiger partial charge in [0.2, 0.25) is 0 Å². The minimum Gasteiger partial charge on any atom is -0.300 e. The summed E-state index contributed by atoms with van der Waals surface area (Å²) in [5.41, 5.74) is 1.89. The minimum atomic E-state index is 0. The quantitative estimate of drug-likeness (QED) is 0.557. The Hall–Kier alpha value is -1.01. The van der Waals surface area contributed by atoms with E-state index in [9.17, 15) is 0 Å². The van der Waals surface area contributed by atoms with Crippen molar-refractivity contribution < 1.29 is 4.84 Å². The first-order valence-corrected chi connectivity index (χ1v) is 3.24. The van der Waals surface area contributed by atoms with E-state index in [1.54, 1.807) is 0 Å². The maximum atomic E-state index is 5.17. The molecule has 0 heterocycles. The van der Waals surface area contributed by atoms with Crippen LogP contribution in [0.5, 0.6) is 0 Å². The van der Waals surface area contributed by atoms with Crippen LogP contribution in [0.1, 0.15) is 11.1 Å². The average molecular weight is 184 g/mol. The molecule has 0 aliphatic rings. The molecule has 0 atom stereocenters. The van der Waals surface area contributed by atoms with Crippen LogP contribution in [0.2, 0.25) is 0 Å². The van der Waals surface area contributed by atoms with Crippen molar-refractivity contribution in [2.75, 3.05) is 0 Å². The van der Waals surface area contributed by atoms with Gasteiger partial charge in [0.25, 0.3) is 0 Å². The standard InChI is InChI=1S/C9H9NO.ClH/c1-2-8-3-5-9(6-4-8)7-11-10;/h1,3-6H,7,10H2;1H. The molecule has 0 bridgehead atoms. The molecule has 0 amide bonds. The van der Waals surface area contributed by atoms with E-state index in [0.717, 1.165) is 11.1 Å². The van der Waals surface area contributed by atoms with E-state index < -0.39 is 0 Å². The van der Waals surface area contributed by atoms with E-state index in [0.29, 0.717) is 6.61 Å². The van der Waals surface area contributed by atoms with Gasteiger partial charge in [0.15, 0.2) is 0 Å². The lowest BCUT2D eigenvalue weighted by molar-refractivity contribution is 0.124. The summed E-state index contributed by atoms with van der Waals surface area (Å²) in [6.45, 7) is 0.421. The van der Waals surface area contributed by atoms with Gasteiger partial charge in [-0.25, -0.2) is 5.90 Å². The zero-order valence-corrected chi connectivity index (χ0v) is 7.30. The summed E-state index contributed by atoms with van der Waals surface area (Å²) in [6.07, 6.45) is 5.17. The number of benzene rings is 1. The van der Waals surface area contributed by atoms with E-state index in [2.05, 4.69) is 10.8 Å². The van der Waals surface area contributed by atoms with Gasteiger partial charge in [0.1, 0.15) is 0 Å². The predicted molar refractivity (Wildman–Crippen MR) is 50.6 cm³/mol.